The van der Waals surface area contributed by atoms with Gasteiger partial charge >= 0.3 is 0 Å². The van der Waals surface area contributed by atoms with E-state index < -0.39 is 0 Å². The average Bonchev–Trinajstić information content (AvgIpc) is 2.74. The first-order valence-electron chi connectivity index (χ1n) is 9.59. The molecule has 3 rings (SSSR count). The third-order valence-corrected chi connectivity index (χ3v) is 4.55. The van der Waals surface area contributed by atoms with Crippen molar-refractivity contribution in [3.05, 3.63) is 102 Å². The number of aliphatic hydroxyl groups is 1. The molecule has 0 heterocycles. The quantitative estimate of drug-likeness (QED) is 0.455. The molecule has 2 unspecified atom stereocenters. The summed E-state index contributed by atoms with van der Waals surface area (Å²) >= 11 is 0. The van der Waals surface area contributed by atoms with Crippen LogP contribution in [-0.4, -0.2) is 18.3 Å². The molecule has 29 heavy (non-hydrogen) atoms. The van der Waals surface area contributed by atoms with Crippen molar-refractivity contribution in [3.8, 4) is 5.75 Å². The van der Waals surface area contributed by atoms with E-state index in [2.05, 4.69) is 74.5 Å². The molecule has 1 N–H and O–H groups in total. The molecule has 0 radical (unpaired) electrons. The zero-order valence-electron chi connectivity index (χ0n) is 16.3. The third-order valence-electron chi connectivity index (χ3n) is 4.55. The van der Waals surface area contributed by atoms with E-state index in [1.54, 1.807) is 0 Å². The molecule has 0 saturated heterocycles. The highest BCUT2D eigenvalue weighted by molar-refractivity contribution is 5.23. The van der Waals surface area contributed by atoms with Crippen LogP contribution < -0.4 is 4.74 Å². The van der Waals surface area contributed by atoms with Crippen LogP contribution in [0.3, 0.4) is 0 Å². The second-order valence-electron chi connectivity index (χ2n) is 6.74. The summed E-state index contributed by atoms with van der Waals surface area (Å²) in [5.74, 6) is 2.04. The normalized spacial score (nSPS) is 11.6. The van der Waals surface area contributed by atoms with Gasteiger partial charge < -0.3 is 9.84 Å². The Morgan fingerprint density at radius 3 is 1.41 bits per heavy atom. The fourth-order valence-corrected chi connectivity index (χ4v) is 3.05. The Kier molecular flexibility index (Phi) is 14.0. The van der Waals surface area contributed by atoms with Gasteiger partial charge in [-0.2, -0.15) is 0 Å². The highest BCUT2D eigenvalue weighted by Gasteiger charge is 2.11. The van der Waals surface area contributed by atoms with Crippen molar-refractivity contribution in [1.82, 2.24) is 0 Å². The lowest BCUT2D eigenvalue weighted by Gasteiger charge is -2.18. The third kappa shape index (κ3) is 9.96. The zero-order valence-corrected chi connectivity index (χ0v) is 16.3. The molecule has 0 amide bonds. The van der Waals surface area contributed by atoms with Crippen molar-refractivity contribution < 1.29 is 9.84 Å². The van der Waals surface area contributed by atoms with Crippen LogP contribution in [0.5, 0.6) is 5.75 Å². The fourth-order valence-electron chi connectivity index (χ4n) is 3.05. The average molecular weight is 395 g/mol. The van der Waals surface area contributed by atoms with Crippen LogP contribution in [0.4, 0.5) is 0 Å². The second kappa shape index (κ2) is 15.4. The number of ether oxygens (including phenoxy) is 1. The smallest absolute Gasteiger partial charge is 0.119 e. The highest BCUT2D eigenvalue weighted by atomic mass is 16.5. The van der Waals surface area contributed by atoms with Crippen LogP contribution in [0.2, 0.25) is 0 Å². The van der Waals surface area contributed by atoms with E-state index in [0.29, 0.717) is 18.4 Å². The van der Waals surface area contributed by atoms with Gasteiger partial charge in [-0.25, -0.2) is 0 Å². The van der Waals surface area contributed by atoms with E-state index in [9.17, 15) is 0 Å². The molecule has 2 nitrogen and oxygen atoms in total. The van der Waals surface area contributed by atoms with Crippen LogP contribution in [0.15, 0.2) is 91.0 Å². The number of hydrogen-bond donors (Lipinski definition) is 1. The SMILES string of the molecule is C.C.CC(CC(C)c1ccccc1)c1ccccc1.OCCOc1ccccc1. The van der Waals surface area contributed by atoms with Crippen molar-refractivity contribution in [3.63, 3.8) is 0 Å². The number of rotatable bonds is 7. The molecule has 0 fully saturated rings. The van der Waals surface area contributed by atoms with Crippen LogP contribution in [-0.2, 0) is 0 Å². The van der Waals surface area contributed by atoms with Gasteiger partial charge in [-0.15, -0.1) is 0 Å². The van der Waals surface area contributed by atoms with Gasteiger partial charge in [0.05, 0.1) is 6.61 Å². The summed E-state index contributed by atoms with van der Waals surface area (Å²) in [7, 11) is 0. The summed E-state index contributed by atoms with van der Waals surface area (Å²) in [6, 6.07) is 31.0. The van der Waals surface area contributed by atoms with E-state index in [-0.39, 0.29) is 21.5 Å². The Hall–Kier alpha value is -2.58. The monoisotopic (exact) mass is 394 g/mol. The molecule has 3 aromatic carbocycles. The van der Waals surface area contributed by atoms with E-state index >= 15 is 0 Å². The molecule has 0 bridgehead atoms. The minimum atomic E-state index is 0. The van der Waals surface area contributed by atoms with Gasteiger partial charge in [0.25, 0.3) is 0 Å². The number of para-hydroxylation sites is 1. The van der Waals surface area contributed by atoms with Crippen LogP contribution >= 0.6 is 0 Å². The standard InChI is InChI=1S/C17H20.C8H10O2.2CH4/c1-14(16-9-5-3-6-10-16)13-15(2)17-11-7-4-8-12-17;9-6-7-10-8-4-2-1-3-5-8;;/h3-12,14-15H,13H2,1-2H3;1-5,9H,6-7H2;2*1H4. The summed E-state index contributed by atoms with van der Waals surface area (Å²) in [5.41, 5.74) is 2.88. The zero-order chi connectivity index (χ0) is 19.3. The van der Waals surface area contributed by atoms with Crippen molar-refractivity contribution in [2.45, 2.75) is 47.0 Å². The minimum Gasteiger partial charge on any atom is -0.491 e. The molecule has 0 spiro atoms. The molecule has 0 aliphatic carbocycles. The summed E-state index contributed by atoms with van der Waals surface area (Å²) in [4.78, 5) is 0. The molecule has 0 aliphatic heterocycles. The highest BCUT2D eigenvalue weighted by Crippen LogP contribution is 2.28. The van der Waals surface area contributed by atoms with Crippen LogP contribution in [0, 0.1) is 0 Å². The Bertz CT molecular complexity index is 683. The van der Waals surface area contributed by atoms with Gasteiger partial charge in [-0.3, -0.25) is 0 Å². The molecule has 3 aromatic rings. The summed E-state index contributed by atoms with van der Waals surface area (Å²) in [6.45, 7) is 5.06. The van der Waals surface area contributed by atoms with Crippen molar-refractivity contribution in [2.24, 2.45) is 0 Å². The van der Waals surface area contributed by atoms with Gasteiger partial charge in [0.15, 0.2) is 0 Å². The fraction of sp³-hybridized carbons (Fsp3) is 0.333. The van der Waals surface area contributed by atoms with Gasteiger partial charge in [0.2, 0.25) is 0 Å². The first kappa shape index (κ1) is 26.4. The number of aliphatic hydroxyl groups excluding tert-OH is 1. The molecule has 0 aliphatic rings. The van der Waals surface area contributed by atoms with E-state index in [4.69, 9.17) is 9.84 Å². The molecule has 2 atom stereocenters. The number of hydrogen-bond acceptors (Lipinski definition) is 2. The van der Waals surface area contributed by atoms with Gasteiger partial charge in [0.1, 0.15) is 12.4 Å². The molecular formula is C27H38O2. The Balaban J connectivity index is 0.000000567. The predicted octanol–water partition coefficient (Wildman–Crippen LogP) is 7.31. The maximum absolute atomic E-state index is 8.40. The predicted molar refractivity (Wildman–Crippen MR) is 127 cm³/mol. The lowest BCUT2D eigenvalue weighted by atomic mass is 9.87. The molecular weight excluding hydrogens is 356 g/mol. The maximum atomic E-state index is 8.40. The van der Waals surface area contributed by atoms with E-state index in [0.717, 1.165) is 5.75 Å². The van der Waals surface area contributed by atoms with Gasteiger partial charge in [0, 0.05) is 0 Å². The first-order chi connectivity index (χ1) is 13.2. The van der Waals surface area contributed by atoms with Crippen LogP contribution in [0.25, 0.3) is 0 Å². The van der Waals surface area contributed by atoms with Crippen LogP contribution in [0.1, 0.15) is 58.1 Å². The lowest BCUT2D eigenvalue weighted by Crippen LogP contribution is -2.00. The first-order valence-corrected chi connectivity index (χ1v) is 9.59. The van der Waals surface area contributed by atoms with E-state index in [1.165, 1.54) is 17.5 Å². The Labute approximate surface area is 178 Å². The van der Waals surface area contributed by atoms with Gasteiger partial charge in [-0.1, -0.05) is 108 Å². The minimum absolute atomic E-state index is 0. The molecule has 158 valence electrons. The Morgan fingerprint density at radius 2 is 1.03 bits per heavy atom. The van der Waals surface area contributed by atoms with Crippen molar-refractivity contribution >= 4 is 0 Å². The maximum Gasteiger partial charge on any atom is 0.119 e. The van der Waals surface area contributed by atoms with Gasteiger partial charge in [-0.05, 0) is 41.5 Å². The van der Waals surface area contributed by atoms with E-state index in [1.807, 2.05) is 30.3 Å². The number of benzene rings is 3. The summed E-state index contributed by atoms with van der Waals surface area (Å²) in [5, 5.41) is 8.40. The molecule has 2 heteroatoms. The van der Waals surface area contributed by atoms with Crippen molar-refractivity contribution in [1.29, 1.82) is 0 Å². The second-order valence-corrected chi connectivity index (χ2v) is 6.74. The lowest BCUT2D eigenvalue weighted by molar-refractivity contribution is 0.201. The molecule has 0 aromatic heterocycles. The largest absolute Gasteiger partial charge is 0.491 e. The van der Waals surface area contributed by atoms with Crippen molar-refractivity contribution in [2.75, 3.05) is 13.2 Å². The topological polar surface area (TPSA) is 29.5 Å². The Morgan fingerprint density at radius 1 is 0.655 bits per heavy atom. The summed E-state index contributed by atoms with van der Waals surface area (Å²) in [6.07, 6.45) is 1.20. The molecule has 0 saturated carbocycles. The summed E-state index contributed by atoms with van der Waals surface area (Å²) < 4.78 is 5.11.